The van der Waals surface area contributed by atoms with Gasteiger partial charge in [-0.3, -0.25) is 4.79 Å². The molecular formula is C12H9F5O3. The average molecular weight is 296 g/mol. The van der Waals surface area contributed by atoms with Gasteiger partial charge in [0.1, 0.15) is 6.29 Å². The van der Waals surface area contributed by atoms with Crippen LogP contribution in [-0.4, -0.2) is 30.5 Å². The first-order valence-electron chi connectivity index (χ1n) is 5.30. The van der Waals surface area contributed by atoms with Crippen molar-refractivity contribution in [3.05, 3.63) is 35.4 Å². The number of ether oxygens (including phenoxy) is 1. The average Bonchev–Trinajstić information content (AvgIpc) is 2.37. The zero-order valence-electron chi connectivity index (χ0n) is 10.1. The van der Waals surface area contributed by atoms with Gasteiger partial charge in [-0.1, -0.05) is 12.1 Å². The number of carbonyl (C=O) groups excluding carboxylic acids is 2. The van der Waals surface area contributed by atoms with Crippen molar-refractivity contribution in [3.8, 4) is 0 Å². The Morgan fingerprint density at radius 3 is 2.05 bits per heavy atom. The lowest BCUT2D eigenvalue weighted by Gasteiger charge is -2.25. The Balaban J connectivity index is 2.82. The van der Waals surface area contributed by atoms with Crippen LogP contribution in [0.15, 0.2) is 24.3 Å². The molecule has 0 N–H and O–H groups in total. The van der Waals surface area contributed by atoms with Gasteiger partial charge < -0.3 is 4.74 Å². The molecule has 8 heteroatoms. The van der Waals surface area contributed by atoms with Gasteiger partial charge >= 0.3 is 18.1 Å². The molecule has 1 unspecified atom stereocenters. The standard InChI is InChI=1S/C12H9F5O3/c1-7(11(13,14)12(15,16)17)20-10(19)9-4-2-8(6-18)3-5-9/h2-7H,1H3. The number of halogens is 5. The summed E-state index contributed by atoms with van der Waals surface area (Å²) in [6.45, 7) is 0.450. The van der Waals surface area contributed by atoms with Crippen molar-refractivity contribution in [2.24, 2.45) is 0 Å². The van der Waals surface area contributed by atoms with Crippen LogP contribution < -0.4 is 0 Å². The predicted octanol–water partition coefficient (Wildman–Crippen LogP) is 3.24. The first-order valence-corrected chi connectivity index (χ1v) is 5.30. The molecule has 20 heavy (non-hydrogen) atoms. The molecule has 0 bridgehead atoms. The lowest BCUT2D eigenvalue weighted by atomic mass is 10.1. The smallest absolute Gasteiger partial charge is 0.452 e. The maximum absolute atomic E-state index is 12.9. The summed E-state index contributed by atoms with van der Waals surface area (Å²) in [4.78, 5) is 21.8. The first kappa shape index (κ1) is 16.1. The topological polar surface area (TPSA) is 43.4 Å². The monoisotopic (exact) mass is 296 g/mol. The summed E-state index contributed by atoms with van der Waals surface area (Å²) >= 11 is 0. The van der Waals surface area contributed by atoms with Gasteiger partial charge in [0.25, 0.3) is 0 Å². The van der Waals surface area contributed by atoms with Crippen LogP contribution in [0, 0.1) is 0 Å². The molecule has 3 nitrogen and oxygen atoms in total. The van der Waals surface area contributed by atoms with E-state index in [4.69, 9.17) is 0 Å². The van der Waals surface area contributed by atoms with E-state index >= 15 is 0 Å². The van der Waals surface area contributed by atoms with Crippen molar-refractivity contribution in [2.45, 2.75) is 25.1 Å². The summed E-state index contributed by atoms with van der Waals surface area (Å²) < 4.78 is 66.0. The van der Waals surface area contributed by atoms with Crippen LogP contribution in [0.3, 0.4) is 0 Å². The maximum Gasteiger partial charge on any atom is 0.457 e. The third-order valence-electron chi connectivity index (χ3n) is 2.45. The lowest BCUT2D eigenvalue weighted by molar-refractivity contribution is -0.309. The van der Waals surface area contributed by atoms with Gasteiger partial charge in [0.15, 0.2) is 6.10 Å². The van der Waals surface area contributed by atoms with E-state index in [1.807, 2.05) is 0 Å². The molecule has 1 aromatic carbocycles. The zero-order chi connectivity index (χ0) is 15.6. The van der Waals surface area contributed by atoms with E-state index in [1.54, 1.807) is 0 Å². The minimum atomic E-state index is -5.81. The molecule has 110 valence electrons. The molecule has 0 spiro atoms. The Bertz CT molecular complexity index is 493. The first-order chi connectivity index (χ1) is 9.09. The summed E-state index contributed by atoms with van der Waals surface area (Å²) in [5.41, 5.74) is -0.0179. The number of rotatable bonds is 4. The second kappa shape index (κ2) is 5.56. The number of benzene rings is 1. The number of hydrogen-bond donors (Lipinski definition) is 0. The molecule has 0 radical (unpaired) electrons. The normalized spacial score (nSPS) is 13.7. The Labute approximate surface area is 110 Å². The van der Waals surface area contributed by atoms with Crippen molar-refractivity contribution in [1.82, 2.24) is 0 Å². The number of aldehydes is 1. The van der Waals surface area contributed by atoms with E-state index in [-0.39, 0.29) is 11.1 Å². The third-order valence-corrected chi connectivity index (χ3v) is 2.45. The van der Waals surface area contributed by atoms with E-state index in [1.165, 1.54) is 12.1 Å². The lowest BCUT2D eigenvalue weighted by Crippen LogP contribution is -2.47. The molecule has 0 aromatic heterocycles. The second-order valence-electron chi connectivity index (χ2n) is 3.91. The van der Waals surface area contributed by atoms with Gasteiger partial charge in [0.05, 0.1) is 5.56 Å². The minimum absolute atomic E-state index is 0.218. The van der Waals surface area contributed by atoms with E-state index < -0.39 is 24.2 Å². The van der Waals surface area contributed by atoms with Gasteiger partial charge in [-0.2, -0.15) is 22.0 Å². The highest BCUT2D eigenvalue weighted by Crippen LogP contribution is 2.39. The minimum Gasteiger partial charge on any atom is -0.452 e. The van der Waals surface area contributed by atoms with E-state index in [2.05, 4.69) is 4.74 Å². The van der Waals surface area contributed by atoms with E-state index in [0.29, 0.717) is 13.2 Å². The fraction of sp³-hybridized carbons (Fsp3) is 0.333. The largest absolute Gasteiger partial charge is 0.457 e. The molecule has 0 aliphatic carbocycles. The molecule has 0 heterocycles. The quantitative estimate of drug-likeness (QED) is 0.486. The summed E-state index contributed by atoms with van der Waals surface area (Å²) in [6.07, 6.45) is -8.00. The number of carbonyl (C=O) groups is 2. The van der Waals surface area contributed by atoms with Crippen LogP contribution in [0.2, 0.25) is 0 Å². The fourth-order valence-electron chi connectivity index (χ4n) is 1.23. The Kier molecular flexibility index (Phi) is 4.46. The van der Waals surface area contributed by atoms with Crippen LogP contribution in [0.4, 0.5) is 22.0 Å². The molecule has 1 atom stereocenters. The van der Waals surface area contributed by atoms with Crippen molar-refractivity contribution < 1.29 is 36.3 Å². The summed E-state index contributed by atoms with van der Waals surface area (Å²) in [6, 6.07) is 4.58. The molecule has 0 amide bonds. The molecule has 0 saturated heterocycles. The van der Waals surface area contributed by atoms with Gasteiger partial charge in [-0.05, 0) is 19.1 Å². The van der Waals surface area contributed by atoms with Crippen LogP contribution in [0.1, 0.15) is 27.6 Å². The summed E-state index contributed by atoms with van der Waals surface area (Å²) in [7, 11) is 0. The highest BCUT2D eigenvalue weighted by Gasteiger charge is 2.62. The third kappa shape index (κ3) is 3.31. The second-order valence-corrected chi connectivity index (χ2v) is 3.91. The molecule has 1 aromatic rings. The van der Waals surface area contributed by atoms with Crippen LogP contribution in [-0.2, 0) is 4.74 Å². The van der Waals surface area contributed by atoms with Gasteiger partial charge in [0, 0.05) is 5.56 Å². The van der Waals surface area contributed by atoms with Crippen molar-refractivity contribution in [3.63, 3.8) is 0 Å². The Morgan fingerprint density at radius 2 is 1.65 bits per heavy atom. The molecule has 0 aliphatic heterocycles. The van der Waals surface area contributed by atoms with Gasteiger partial charge in [0.2, 0.25) is 0 Å². The molecule has 0 aliphatic rings. The molecule has 0 saturated carbocycles. The Hall–Kier alpha value is -1.99. The Morgan fingerprint density at radius 1 is 1.15 bits per heavy atom. The maximum atomic E-state index is 12.9. The highest BCUT2D eigenvalue weighted by atomic mass is 19.4. The molecular weight excluding hydrogens is 287 g/mol. The summed E-state index contributed by atoms with van der Waals surface area (Å²) in [5, 5.41) is 0. The molecule has 0 fully saturated rings. The van der Waals surface area contributed by atoms with Gasteiger partial charge in [-0.25, -0.2) is 4.79 Å². The number of hydrogen-bond acceptors (Lipinski definition) is 3. The zero-order valence-corrected chi connectivity index (χ0v) is 10.1. The SMILES string of the molecule is CC(OC(=O)c1ccc(C=O)cc1)C(F)(F)C(F)(F)F. The number of alkyl halides is 5. The van der Waals surface area contributed by atoms with Crippen molar-refractivity contribution in [1.29, 1.82) is 0 Å². The van der Waals surface area contributed by atoms with E-state index in [0.717, 1.165) is 12.1 Å². The van der Waals surface area contributed by atoms with Crippen molar-refractivity contribution in [2.75, 3.05) is 0 Å². The number of esters is 1. The predicted molar refractivity (Wildman–Crippen MR) is 57.7 cm³/mol. The van der Waals surface area contributed by atoms with Gasteiger partial charge in [-0.15, -0.1) is 0 Å². The van der Waals surface area contributed by atoms with E-state index in [9.17, 15) is 31.5 Å². The fourth-order valence-corrected chi connectivity index (χ4v) is 1.23. The van der Waals surface area contributed by atoms with Crippen LogP contribution >= 0.6 is 0 Å². The van der Waals surface area contributed by atoms with Crippen molar-refractivity contribution >= 4 is 12.3 Å². The summed E-state index contributed by atoms with van der Waals surface area (Å²) in [5.74, 6) is -6.48. The molecule has 1 rings (SSSR count). The van der Waals surface area contributed by atoms with Crippen LogP contribution in [0.5, 0.6) is 0 Å². The highest BCUT2D eigenvalue weighted by molar-refractivity contribution is 5.90. The van der Waals surface area contributed by atoms with Crippen LogP contribution in [0.25, 0.3) is 0 Å².